The van der Waals surface area contributed by atoms with E-state index in [4.69, 9.17) is 17.3 Å². The maximum absolute atomic E-state index is 11.0. The lowest BCUT2D eigenvalue weighted by Crippen LogP contribution is -2.28. The van der Waals surface area contributed by atoms with Gasteiger partial charge in [0, 0.05) is 0 Å². The van der Waals surface area contributed by atoms with Gasteiger partial charge < -0.3 is 5.11 Å². The maximum Gasteiger partial charge on any atom is 0.319 e. The van der Waals surface area contributed by atoms with Crippen LogP contribution in [0.2, 0.25) is 0 Å². The molecule has 0 heterocycles. The second-order valence-electron chi connectivity index (χ2n) is 6.20. The molecular formula is C19H38O2S3. The van der Waals surface area contributed by atoms with Crippen molar-refractivity contribution in [3.8, 4) is 0 Å². The first-order valence-corrected chi connectivity index (χ1v) is 11.7. The third-order valence-corrected chi connectivity index (χ3v) is 6.36. The van der Waals surface area contributed by atoms with Crippen LogP contribution in [0.5, 0.6) is 0 Å². The minimum atomic E-state index is -0.818. The van der Waals surface area contributed by atoms with E-state index in [1.54, 1.807) is 25.6 Å². The first-order valence-electron chi connectivity index (χ1n) is 9.49. The van der Waals surface area contributed by atoms with Crippen LogP contribution in [0.25, 0.3) is 0 Å². The highest BCUT2D eigenvalue weighted by Gasteiger charge is 2.29. The van der Waals surface area contributed by atoms with Crippen molar-refractivity contribution < 1.29 is 9.90 Å². The average molecular weight is 395 g/mol. The van der Waals surface area contributed by atoms with Gasteiger partial charge in [-0.1, -0.05) is 103 Å². The van der Waals surface area contributed by atoms with Gasteiger partial charge in [0.25, 0.3) is 0 Å². The predicted octanol–water partition coefficient (Wildman–Crippen LogP) is 7.55. The Morgan fingerprint density at radius 3 is 1.75 bits per heavy atom. The van der Waals surface area contributed by atoms with Crippen molar-refractivity contribution in [1.82, 2.24) is 0 Å². The SMILES string of the molecule is CC.CCCCCCCCCCCCSC(=S)SC(C)(C)C(=O)O. The summed E-state index contributed by atoms with van der Waals surface area (Å²) in [4.78, 5) is 11.0. The fraction of sp³-hybridized carbons (Fsp3) is 0.895. The molecule has 0 aromatic rings. The van der Waals surface area contributed by atoms with Gasteiger partial charge in [0.2, 0.25) is 0 Å². The second-order valence-corrected chi connectivity index (χ2v) is 10.1. The van der Waals surface area contributed by atoms with Gasteiger partial charge >= 0.3 is 5.97 Å². The van der Waals surface area contributed by atoms with Crippen molar-refractivity contribution in [2.45, 2.75) is 104 Å². The van der Waals surface area contributed by atoms with Crippen LogP contribution in [-0.4, -0.2) is 25.1 Å². The molecule has 0 aliphatic rings. The van der Waals surface area contributed by atoms with Crippen molar-refractivity contribution in [3.05, 3.63) is 0 Å². The molecule has 0 amide bonds. The van der Waals surface area contributed by atoms with E-state index in [0.717, 1.165) is 9.28 Å². The van der Waals surface area contributed by atoms with Gasteiger partial charge in [-0.05, 0) is 26.0 Å². The van der Waals surface area contributed by atoms with Gasteiger partial charge in [0.05, 0.1) is 0 Å². The zero-order valence-corrected chi connectivity index (χ0v) is 18.8. The molecule has 0 radical (unpaired) electrons. The first kappa shape index (κ1) is 26.5. The molecule has 0 saturated heterocycles. The monoisotopic (exact) mass is 394 g/mol. The fourth-order valence-electron chi connectivity index (χ4n) is 2.03. The van der Waals surface area contributed by atoms with Crippen LogP contribution in [0, 0.1) is 0 Å². The van der Waals surface area contributed by atoms with Gasteiger partial charge in [-0.2, -0.15) is 0 Å². The standard InChI is InChI=1S/C17H32O2S3.C2H6/c1-4-5-6-7-8-9-10-11-12-13-14-21-16(20)22-17(2,3)15(18)19;1-2/h4-14H2,1-3H3,(H,18,19);1-2H3. The van der Waals surface area contributed by atoms with E-state index in [1.807, 2.05) is 13.8 Å². The van der Waals surface area contributed by atoms with Crippen molar-refractivity contribution in [3.63, 3.8) is 0 Å². The molecule has 2 nitrogen and oxygen atoms in total. The Morgan fingerprint density at radius 1 is 0.917 bits per heavy atom. The highest BCUT2D eigenvalue weighted by Crippen LogP contribution is 2.31. The third kappa shape index (κ3) is 17.1. The quantitative estimate of drug-likeness (QED) is 0.258. The largest absolute Gasteiger partial charge is 0.480 e. The molecule has 5 heteroatoms. The van der Waals surface area contributed by atoms with Crippen LogP contribution < -0.4 is 0 Å². The molecule has 0 bridgehead atoms. The number of aliphatic carboxylic acids is 1. The summed E-state index contributed by atoms with van der Waals surface area (Å²) in [7, 11) is 0. The lowest BCUT2D eigenvalue weighted by Gasteiger charge is -2.18. The summed E-state index contributed by atoms with van der Waals surface area (Å²) in [6, 6.07) is 0. The normalized spacial score (nSPS) is 10.9. The second kappa shape index (κ2) is 18.1. The zero-order chi connectivity index (χ0) is 18.8. The smallest absolute Gasteiger partial charge is 0.319 e. The number of hydrogen-bond donors (Lipinski definition) is 1. The number of unbranched alkanes of at least 4 members (excludes halogenated alkanes) is 9. The van der Waals surface area contributed by atoms with E-state index >= 15 is 0 Å². The Kier molecular flexibility index (Phi) is 19.9. The number of hydrogen-bond acceptors (Lipinski definition) is 4. The van der Waals surface area contributed by atoms with Gasteiger partial charge in [-0.15, -0.1) is 11.8 Å². The maximum atomic E-state index is 11.0. The topological polar surface area (TPSA) is 37.3 Å². The molecular weight excluding hydrogens is 356 g/mol. The molecule has 1 N–H and O–H groups in total. The number of rotatable bonds is 13. The fourth-order valence-corrected chi connectivity index (χ4v) is 5.03. The summed E-state index contributed by atoms with van der Waals surface area (Å²) in [6.45, 7) is 9.66. The van der Waals surface area contributed by atoms with Crippen LogP contribution >= 0.6 is 35.7 Å². The Labute approximate surface area is 164 Å². The Bertz CT molecular complexity index is 318. The number of thioether (sulfide) groups is 2. The van der Waals surface area contributed by atoms with E-state index in [-0.39, 0.29) is 0 Å². The zero-order valence-electron chi connectivity index (χ0n) is 16.4. The summed E-state index contributed by atoms with van der Waals surface area (Å²) in [5.41, 5.74) is 0. The number of thiocarbonyl (C=S) groups is 1. The number of carbonyl (C=O) groups is 1. The minimum Gasteiger partial charge on any atom is -0.480 e. The third-order valence-electron chi connectivity index (χ3n) is 3.57. The summed E-state index contributed by atoms with van der Waals surface area (Å²) >= 11 is 8.17. The van der Waals surface area contributed by atoms with Crippen LogP contribution in [-0.2, 0) is 4.79 Å². The lowest BCUT2D eigenvalue weighted by molar-refractivity contribution is -0.138. The molecule has 0 aliphatic carbocycles. The van der Waals surface area contributed by atoms with Gasteiger partial charge in [-0.3, -0.25) is 4.79 Å². The molecule has 0 atom stereocenters. The first-order chi connectivity index (χ1) is 11.4. The summed E-state index contributed by atoms with van der Waals surface area (Å²) in [6.07, 6.45) is 13.4. The molecule has 0 unspecified atom stereocenters. The van der Waals surface area contributed by atoms with Crippen LogP contribution in [0.1, 0.15) is 98.8 Å². The number of carboxylic acids is 1. The lowest BCUT2D eigenvalue weighted by atomic mass is 10.1. The van der Waals surface area contributed by atoms with Gasteiger partial charge in [0.15, 0.2) is 0 Å². The minimum absolute atomic E-state index is 0.753. The molecule has 0 aromatic carbocycles. The summed E-state index contributed by atoms with van der Waals surface area (Å²) in [5, 5.41) is 9.06. The van der Waals surface area contributed by atoms with Gasteiger partial charge in [-0.25, -0.2) is 0 Å². The highest BCUT2D eigenvalue weighted by atomic mass is 32.2. The van der Waals surface area contributed by atoms with E-state index in [1.165, 1.54) is 76.0 Å². The summed E-state index contributed by atoms with van der Waals surface area (Å²) in [5.74, 6) is 0.206. The summed E-state index contributed by atoms with van der Waals surface area (Å²) < 4.78 is -0.0645. The van der Waals surface area contributed by atoms with Crippen LogP contribution in [0.3, 0.4) is 0 Å². The Hall–Kier alpha value is 0.260. The van der Waals surface area contributed by atoms with E-state index in [0.29, 0.717) is 0 Å². The number of carboxylic acid groups (broad SMARTS) is 1. The van der Waals surface area contributed by atoms with Crippen LogP contribution in [0.4, 0.5) is 0 Å². The predicted molar refractivity (Wildman–Crippen MR) is 118 cm³/mol. The molecule has 0 saturated carbocycles. The molecule has 0 spiro atoms. The molecule has 24 heavy (non-hydrogen) atoms. The van der Waals surface area contributed by atoms with Crippen molar-refractivity contribution in [2.75, 3.05) is 5.75 Å². The molecule has 0 rings (SSSR count). The van der Waals surface area contributed by atoms with Crippen LogP contribution in [0.15, 0.2) is 0 Å². The van der Waals surface area contributed by atoms with E-state index in [2.05, 4.69) is 6.92 Å². The Balaban J connectivity index is 0. The van der Waals surface area contributed by atoms with Crippen molar-refractivity contribution in [1.29, 1.82) is 0 Å². The average Bonchev–Trinajstić information content (AvgIpc) is 2.54. The van der Waals surface area contributed by atoms with Gasteiger partial charge in [0.1, 0.15) is 8.28 Å². The molecule has 0 aromatic heterocycles. The molecule has 0 aliphatic heterocycles. The van der Waals surface area contributed by atoms with E-state index in [9.17, 15) is 4.79 Å². The van der Waals surface area contributed by atoms with E-state index < -0.39 is 10.7 Å². The highest BCUT2D eigenvalue weighted by molar-refractivity contribution is 8.47. The van der Waals surface area contributed by atoms with Crippen molar-refractivity contribution in [2.24, 2.45) is 0 Å². The molecule has 0 fully saturated rings. The molecule has 144 valence electrons. The Morgan fingerprint density at radius 2 is 1.33 bits per heavy atom. The van der Waals surface area contributed by atoms with Crippen molar-refractivity contribution >= 4 is 45.2 Å².